The highest BCUT2D eigenvalue weighted by Gasteiger charge is 1.99. The highest BCUT2D eigenvalue weighted by Crippen LogP contribution is 2.11. The van der Waals surface area contributed by atoms with Gasteiger partial charge < -0.3 is 5.32 Å². The molecule has 0 spiro atoms. The van der Waals surface area contributed by atoms with E-state index < -0.39 is 0 Å². The van der Waals surface area contributed by atoms with E-state index in [9.17, 15) is 4.79 Å². The molecule has 20 heavy (non-hydrogen) atoms. The lowest BCUT2D eigenvalue weighted by atomic mass is 10.2. The Kier molecular flexibility index (Phi) is 4.74. The molecule has 102 valence electrons. The van der Waals surface area contributed by atoms with Crippen LogP contribution < -0.4 is 10.6 Å². The van der Waals surface area contributed by atoms with Crippen LogP contribution in [0, 0.1) is 6.92 Å². The maximum absolute atomic E-state index is 11.6. The van der Waals surface area contributed by atoms with Gasteiger partial charge in [-0.15, -0.1) is 0 Å². The molecule has 0 aliphatic heterocycles. The second-order valence-corrected chi connectivity index (χ2v) is 4.59. The van der Waals surface area contributed by atoms with Gasteiger partial charge >= 0.3 is 6.03 Å². The van der Waals surface area contributed by atoms with Crippen molar-refractivity contribution in [2.75, 3.05) is 5.32 Å². The minimum atomic E-state index is -0.346. The summed E-state index contributed by atoms with van der Waals surface area (Å²) >= 11 is 5.87. The van der Waals surface area contributed by atoms with Gasteiger partial charge in [-0.1, -0.05) is 29.8 Å². The molecule has 0 saturated heterocycles. The van der Waals surface area contributed by atoms with Gasteiger partial charge in [0.25, 0.3) is 0 Å². The van der Waals surface area contributed by atoms with Gasteiger partial charge in [0.1, 0.15) is 5.82 Å². The van der Waals surface area contributed by atoms with Crippen LogP contribution in [0.4, 0.5) is 10.6 Å². The summed E-state index contributed by atoms with van der Waals surface area (Å²) in [5, 5.41) is 5.90. The molecule has 0 fully saturated rings. The molecule has 5 heteroatoms. The smallest absolute Gasteiger partial charge is 0.314 e. The monoisotopic (exact) mass is 287 g/mol. The number of halogens is 1. The number of carbonyl (C=O) groups is 1. The van der Waals surface area contributed by atoms with E-state index >= 15 is 0 Å². The molecular formula is C15H14ClN3O. The van der Waals surface area contributed by atoms with Crippen LogP contribution in [-0.2, 0) is 0 Å². The van der Waals surface area contributed by atoms with Crippen LogP contribution in [0.2, 0.25) is 5.02 Å². The number of aromatic nitrogens is 1. The van der Waals surface area contributed by atoms with Gasteiger partial charge in [-0.3, -0.25) is 5.32 Å². The molecule has 1 heterocycles. The van der Waals surface area contributed by atoms with E-state index in [1.807, 2.05) is 31.2 Å². The Morgan fingerprint density at radius 1 is 1.25 bits per heavy atom. The predicted octanol–water partition coefficient (Wildman–Crippen LogP) is 3.84. The van der Waals surface area contributed by atoms with Gasteiger partial charge in [-0.2, -0.15) is 0 Å². The second kappa shape index (κ2) is 6.73. The zero-order chi connectivity index (χ0) is 14.4. The minimum Gasteiger partial charge on any atom is -0.314 e. The van der Waals surface area contributed by atoms with Gasteiger partial charge in [0, 0.05) is 16.9 Å². The van der Waals surface area contributed by atoms with Crippen molar-refractivity contribution in [3.8, 4) is 0 Å². The quantitative estimate of drug-likeness (QED) is 0.901. The molecule has 1 aromatic heterocycles. The second-order valence-electron chi connectivity index (χ2n) is 4.15. The Labute approximate surface area is 122 Å². The Hall–Kier alpha value is -2.33. The third-order valence-corrected chi connectivity index (χ3v) is 2.70. The highest BCUT2D eigenvalue weighted by atomic mass is 35.5. The van der Waals surface area contributed by atoms with Gasteiger partial charge in [0.15, 0.2) is 0 Å². The molecule has 1 aromatic carbocycles. The number of nitrogens with zero attached hydrogens (tertiary/aromatic N) is 1. The van der Waals surface area contributed by atoms with Crippen molar-refractivity contribution in [3.05, 3.63) is 64.9 Å². The number of pyridine rings is 1. The van der Waals surface area contributed by atoms with E-state index in [0.29, 0.717) is 10.8 Å². The average Bonchev–Trinajstić information content (AvgIpc) is 2.38. The molecule has 0 radical (unpaired) electrons. The van der Waals surface area contributed by atoms with Crippen molar-refractivity contribution in [2.45, 2.75) is 6.92 Å². The zero-order valence-corrected chi connectivity index (χ0v) is 11.7. The average molecular weight is 288 g/mol. The van der Waals surface area contributed by atoms with Crippen molar-refractivity contribution < 1.29 is 4.79 Å². The van der Waals surface area contributed by atoms with Crippen molar-refractivity contribution in [1.82, 2.24) is 10.3 Å². The van der Waals surface area contributed by atoms with Crippen LogP contribution in [0.15, 0.2) is 48.7 Å². The van der Waals surface area contributed by atoms with Crippen molar-refractivity contribution in [2.24, 2.45) is 0 Å². The summed E-state index contributed by atoms with van der Waals surface area (Å²) in [4.78, 5) is 15.8. The van der Waals surface area contributed by atoms with Crippen LogP contribution in [0.3, 0.4) is 0 Å². The minimum absolute atomic E-state index is 0.346. The fourth-order valence-electron chi connectivity index (χ4n) is 1.59. The lowest BCUT2D eigenvalue weighted by molar-refractivity contribution is 0.255. The van der Waals surface area contributed by atoms with Crippen LogP contribution in [0.1, 0.15) is 11.3 Å². The Balaban J connectivity index is 1.89. The lowest BCUT2D eigenvalue weighted by Crippen LogP contribution is -2.24. The summed E-state index contributed by atoms with van der Waals surface area (Å²) in [5.41, 5.74) is 1.75. The number of nitrogens with one attached hydrogen (secondary N) is 2. The number of rotatable bonds is 3. The molecule has 2 amide bonds. The third-order valence-electron chi connectivity index (χ3n) is 2.47. The van der Waals surface area contributed by atoms with Gasteiger partial charge in [-0.25, -0.2) is 9.78 Å². The lowest BCUT2D eigenvalue weighted by Gasteiger charge is -2.04. The Morgan fingerprint density at radius 3 is 2.80 bits per heavy atom. The third kappa shape index (κ3) is 4.40. The maximum atomic E-state index is 11.6. The van der Waals surface area contributed by atoms with E-state index in [1.54, 1.807) is 30.5 Å². The molecule has 0 bridgehead atoms. The number of aryl methyl sites for hydroxylation is 1. The summed E-state index contributed by atoms with van der Waals surface area (Å²) < 4.78 is 0. The van der Waals surface area contributed by atoms with Crippen LogP contribution in [-0.4, -0.2) is 11.0 Å². The van der Waals surface area contributed by atoms with E-state index in [1.165, 1.54) is 0 Å². The fourth-order valence-corrected chi connectivity index (χ4v) is 1.79. The normalized spacial score (nSPS) is 10.5. The van der Waals surface area contributed by atoms with Crippen LogP contribution in [0.25, 0.3) is 6.08 Å². The largest absolute Gasteiger partial charge is 0.324 e. The number of urea groups is 1. The number of benzene rings is 1. The van der Waals surface area contributed by atoms with Crippen molar-refractivity contribution in [3.63, 3.8) is 0 Å². The number of hydrogen-bond acceptors (Lipinski definition) is 2. The van der Waals surface area contributed by atoms with Gasteiger partial charge in [-0.05, 0) is 42.8 Å². The highest BCUT2D eigenvalue weighted by molar-refractivity contribution is 6.30. The van der Waals surface area contributed by atoms with Crippen LogP contribution >= 0.6 is 11.6 Å². The van der Waals surface area contributed by atoms with Crippen molar-refractivity contribution >= 4 is 29.5 Å². The topological polar surface area (TPSA) is 54.0 Å². The van der Waals surface area contributed by atoms with Crippen molar-refractivity contribution in [1.29, 1.82) is 0 Å². The van der Waals surface area contributed by atoms with E-state index in [2.05, 4.69) is 15.6 Å². The molecule has 0 atom stereocenters. The SMILES string of the molecule is Cc1cccc(NC(=O)N/C=C/c2cccc(Cl)c2)n1. The molecule has 0 aliphatic carbocycles. The summed E-state index contributed by atoms with van der Waals surface area (Å²) in [6, 6.07) is 12.4. The summed E-state index contributed by atoms with van der Waals surface area (Å²) in [7, 11) is 0. The summed E-state index contributed by atoms with van der Waals surface area (Å²) in [6.45, 7) is 1.86. The molecule has 2 rings (SSSR count). The first-order chi connectivity index (χ1) is 9.63. The molecule has 2 aromatic rings. The first kappa shape index (κ1) is 14.1. The van der Waals surface area contributed by atoms with Gasteiger partial charge in [0.2, 0.25) is 0 Å². The Bertz CT molecular complexity index is 641. The van der Waals surface area contributed by atoms with Gasteiger partial charge in [0.05, 0.1) is 0 Å². The molecule has 4 nitrogen and oxygen atoms in total. The summed E-state index contributed by atoms with van der Waals surface area (Å²) in [5.74, 6) is 0.513. The number of amides is 2. The van der Waals surface area contributed by atoms with Crippen LogP contribution in [0.5, 0.6) is 0 Å². The summed E-state index contributed by atoms with van der Waals surface area (Å²) in [6.07, 6.45) is 3.31. The molecule has 0 unspecified atom stereocenters. The molecule has 2 N–H and O–H groups in total. The number of hydrogen-bond donors (Lipinski definition) is 2. The van der Waals surface area contributed by atoms with E-state index in [4.69, 9.17) is 11.6 Å². The molecule has 0 saturated carbocycles. The Morgan fingerprint density at radius 2 is 2.05 bits per heavy atom. The standard InChI is InChI=1S/C15H14ClN3O/c1-11-4-2-7-14(18-11)19-15(20)17-9-8-12-5-3-6-13(16)10-12/h2-10H,1H3,(H2,17,18,19,20)/b9-8+. The molecule has 0 aliphatic rings. The van der Waals surface area contributed by atoms with E-state index in [0.717, 1.165) is 11.3 Å². The first-order valence-electron chi connectivity index (χ1n) is 6.07. The van der Waals surface area contributed by atoms with E-state index in [-0.39, 0.29) is 6.03 Å². The predicted molar refractivity (Wildman–Crippen MR) is 81.6 cm³/mol. The maximum Gasteiger partial charge on any atom is 0.324 e. The molecular weight excluding hydrogens is 274 g/mol. The number of carbonyl (C=O) groups excluding carboxylic acids is 1. The fraction of sp³-hybridized carbons (Fsp3) is 0.0667. The first-order valence-corrected chi connectivity index (χ1v) is 6.44. The number of anilines is 1. The zero-order valence-electron chi connectivity index (χ0n) is 10.9.